The van der Waals surface area contributed by atoms with Crippen LogP contribution in [0.2, 0.25) is 0 Å². The molecule has 0 saturated carbocycles. The molecule has 4 unspecified atom stereocenters. The van der Waals surface area contributed by atoms with Gasteiger partial charge in [0.1, 0.15) is 0 Å². The highest BCUT2D eigenvalue weighted by Gasteiger charge is 2.24. The van der Waals surface area contributed by atoms with Crippen LogP contribution in [0.1, 0.15) is 40.0 Å². The number of ether oxygens (including phenoxy) is 1. The van der Waals surface area contributed by atoms with Crippen LogP contribution in [-0.2, 0) is 14.3 Å². The molecule has 0 fully saturated rings. The van der Waals surface area contributed by atoms with E-state index in [4.69, 9.17) is 4.74 Å². The molecule has 0 aliphatic heterocycles. The molecular weight excluding hydrogens is 318 g/mol. The lowest BCUT2D eigenvalue weighted by atomic mass is 9.94. The van der Waals surface area contributed by atoms with E-state index in [2.05, 4.69) is 30.6 Å². The normalized spacial score (nSPS) is 16.4. The summed E-state index contributed by atoms with van der Waals surface area (Å²) in [7, 11) is 11.6. The Morgan fingerprint density at radius 3 is 1.84 bits per heavy atom. The zero-order valence-corrected chi connectivity index (χ0v) is 17.7. The highest BCUT2D eigenvalue weighted by molar-refractivity contribution is 5.75. The van der Waals surface area contributed by atoms with Gasteiger partial charge in [0.2, 0.25) is 5.91 Å². The van der Waals surface area contributed by atoms with Crippen molar-refractivity contribution in [3.05, 3.63) is 0 Å². The number of esters is 1. The summed E-state index contributed by atoms with van der Waals surface area (Å²) in [5, 5.41) is 0. The van der Waals surface area contributed by atoms with Crippen molar-refractivity contribution in [3.63, 3.8) is 0 Å². The lowest BCUT2D eigenvalue weighted by Gasteiger charge is -2.30. The Morgan fingerprint density at radius 1 is 0.840 bits per heavy atom. The third-order valence-corrected chi connectivity index (χ3v) is 5.12. The van der Waals surface area contributed by atoms with Crippen molar-refractivity contribution < 1.29 is 14.3 Å². The molecular formula is C19H39N3O3. The molecule has 0 radical (unpaired) electrons. The highest BCUT2D eigenvalue weighted by Crippen LogP contribution is 2.18. The third-order valence-electron chi connectivity index (χ3n) is 5.12. The van der Waals surface area contributed by atoms with Crippen LogP contribution in [0, 0.1) is 11.8 Å². The van der Waals surface area contributed by atoms with Crippen molar-refractivity contribution in [3.8, 4) is 0 Å². The van der Waals surface area contributed by atoms with E-state index < -0.39 is 0 Å². The molecule has 0 aromatic carbocycles. The van der Waals surface area contributed by atoms with Crippen molar-refractivity contribution in [1.82, 2.24) is 14.7 Å². The van der Waals surface area contributed by atoms with Crippen LogP contribution in [-0.4, -0.2) is 87.6 Å². The second-order valence-corrected chi connectivity index (χ2v) is 7.90. The maximum atomic E-state index is 12.1. The van der Waals surface area contributed by atoms with E-state index in [1.165, 1.54) is 0 Å². The predicted molar refractivity (Wildman–Crippen MR) is 102 cm³/mol. The first-order valence-corrected chi connectivity index (χ1v) is 9.15. The molecule has 0 aromatic rings. The van der Waals surface area contributed by atoms with Crippen molar-refractivity contribution in [2.45, 2.75) is 52.1 Å². The van der Waals surface area contributed by atoms with E-state index in [0.717, 1.165) is 6.42 Å². The molecule has 1 amide bonds. The van der Waals surface area contributed by atoms with E-state index in [1.807, 2.05) is 28.2 Å². The van der Waals surface area contributed by atoms with Crippen LogP contribution in [0.25, 0.3) is 0 Å². The van der Waals surface area contributed by atoms with Crippen molar-refractivity contribution in [2.75, 3.05) is 48.9 Å². The summed E-state index contributed by atoms with van der Waals surface area (Å²) in [4.78, 5) is 29.8. The molecule has 0 aromatic heterocycles. The minimum atomic E-state index is -0.143. The summed E-state index contributed by atoms with van der Waals surface area (Å²) in [6.45, 7) is 6.66. The minimum absolute atomic E-state index is 0.128. The quantitative estimate of drug-likeness (QED) is 0.529. The topological polar surface area (TPSA) is 53.1 Å². The first-order chi connectivity index (χ1) is 11.5. The molecule has 0 N–H and O–H groups in total. The Kier molecular flexibility index (Phi) is 10.9. The van der Waals surface area contributed by atoms with Gasteiger partial charge in [-0.25, -0.2) is 0 Å². The third kappa shape index (κ3) is 9.21. The van der Waals surface area contributed by atoms with Crippen molar-refractivity contribution >= 4 is 11.9 Å². The molecule has 0 bridgehead atoms. The molecule has 0 spiro atoms. The Labute approximate surface area is 154 Å². The molecule has 4 atom stereocenters. The van der Waals surface area contributed by atoms with Gasteiger partial charge in [-0.1, -0.05) is 13.8 Å². The zero-order valence-electron chi connectivity index (χ0n) is 17.7. The first kappa shape index (κ1) is 23.9. The number of carbonyl (C=O) groups excluding carboxylic acids is 2. The van der Waals surface area contributed by atoms with Gasteiger partial charge in [-0.3, -0.25) is 9.59 Å². The van der Waals surface area contributed by atoms with Gasteiger partial charge in [-0.15, -0.1) is 0 Å². The van der Waals surface area contributed by atoms with Gasteiger partial charge in [-0.05, 0) is 53.4 Å². The van der Waals surface area contributed by atoms with Crippen LogP contribution in [0.15, 0.2) is 0 Å². The number of amides is 1. The lowest BCUT2D eigenvalue weighted by molar-refractivity contribution is -0.145. The summed E-state index contributed by atoms with van der Waals surface area (Å²) in [6, 6.07) is 0.536. The average Bonchev–Trinajstić information content (AvgIpc) is 2.49. The first-order valence-electron chi connectivity index (χ1n) is 9.15. The molecule has 6 heteroatoms. The van der Waals surface area contributed by atoms with Crippen LogP contribution in [0.3, 0.4) is 0 Å². The summed E-state index contributed by atoms with van der Waals surface area (Å²) < 4.78 is 5.45. The smallest absolute Gasteiger partial charge is 0.306 e. The minimum Gasteiger partial charge on any atom is -0.466 e. The molecule has 0 rings (SSSR count). The van der Waals surface area contributed by atoms with E-state index in [0.29, 0.717) is 25.5 Å². The number of hydrogen-bond donors (Lipinski definition) is 0. The van der Waals surface area contributed by atoms with Gasteiger partial charge in [0.05, 0.1) is 6.61 Å². The van der Waals surface area contributed by atoms with Crippen molar-refractivity contribution in [1.29, 1.82) is 0 Å². The second kappa shape index (κ2) is 11.5. The maximum absolute atomic E-state index is 12.1. The Hall–Kier alpha value is -1.14. The van der Waals surface area contributed by atoms with Gasteiger partial charge in [0.25, 0.3) is 0 Å². The van der Waals surface area contributed by atoms with Gasteiger partial charge in [0, 0.05) is 39.0 Å². The van der Waals surface area contributed by atoms with Gasteiger partial charge < -0.3 is 19.4 Å². The fraction of sp³-hybridized carbons (Fsp3) is 0.895. The van der Waals surface area contributed by atoms with E-state index in [9.17, 15) is 9.59 Å². The number of carbonyl (C=O) groups is 2. The number of nitrogens with zero attached hydrogens (tertiary/aromatic N) is 3. The van der Waals surface area contributed by atoms with Crippen LogP contribution < -0.4 is 0 Å². The highest BCUT2D eigenvalue weighted by atomic mass is 16.5. The Bertz CT molecular complexity index is 411. The summed E-state index contributed by atoms with van der Waals surface area (Å²) in [6.07, 6.45) is 1.67. The monoisotopic (exact) mass is 357 g/mol. The molecule has 0 aliphatic carbocycles. The Balaban J connectivity index is 4.40. The molecule has 148 valence electrons. The number of hydrogen-bond acceptors (Lipinski definition) is 5. The molecule has 0 saturated heterocycles. The maximum Gasteiger partial charge on any atom is 0.306 e. The van der Waals surface area contributed by atoms with Gasteiger partial charge >= 0.3 is 5.97 Å². The van der Waals surface area contributed by atoms with Crippen LogP contribution in [0.4, 0.5) is 0 Å². The predicted octanol–water partition coefficient (Wildman–Crippen LogP) is 1.94. The van der Waals surface area contributed by atoms with E-state index >= 15 is 0 Å². The zero-order chi connectivity index (χ0) is 19.7. The van der Waals surface area contributed by atoms with Crippen molar-refractivity contribution in [2.24, 2.45) is 11.8 Å². The van der Waals surface area contributed by atoms with Gasteiger partial charge in [0.15, 0.2) is 0 Å². The van der Waals surface area contributed by atoms with Gasteiger partial charge in [-0.2, -0.15) is 0 Å². The lowest BCUT2D eigenvalue weighted by Crippen LogP contribution is -2.38. The standard InChI is InChI=1S/C19H39N3O3/c1-14(16(3)20(4)5)13-19(24)25-11-10-17(21(6)7)15(2)12-18(23)22(8)9/h14-17H,10-13H2,1-9H3. The Morgan fingerprint density at radius 2 is 1.40 bits per heavy atom. The molecule has 6 nitrogen and oxygen atoms in total. The molecule has 25 heavy (non-hydrogen) atoms. The van der Waals surface area contributed by atoms with E-state index in [1.54, 1.807) is 19.0 Å². The molecule has 0 heterocycles. The average molecular weight is 358 g/mol. The fourth-order valence-corrected chi connectivity index (χ4v) is 2.94. The molecule has 0 aliphatic rings. The summed E-state index contributed by atoms with van der Waals surface area (Å²) in [5.74, 6) is 0.443. The second-order valence-electron chi connectivity index (χ2n) is 7.90. The number of rotatable bonds is 11. The summed E-state index contributed by atoms with van der Waals surface area (Å²) in [5.41, 5.74) is 0. The largest absolute Gasteiger partial charge is 0.466 e. The van der Waals surface area contributed by atoms with E-state index in [-0.39, 0.29) is 29.8 Å². The van der Waals surface area contributed by atoms with Crippen LogP contribution in [0.5, 0.6) is 0 Å². The summed E-state index contributed by atoms with van der Waals surface area (Å²) >= 11 is 0. The fourth-order valence-electron chi connectivity index (χ4n) is 2.94. The SMILES string of the molecule is CC(CC(=O)OCCC(C(C)CC(=O)N(C)C)N(C)C)C(C)N(C)C. The van der Waals surface area contributed by atoms with Crippen LogP contribution >= 0.6 is 0 Å².